The number of hydrogen-bond acceptors (Lipinski definition) is 5. The van der Waals surface area contributed by atoms with Gasteiger partial charge in [-0.2, -0.15) is 0 Å². The summed E-state index contributed by atoms with van der Waals surface area (Å²) in [6.45, 7) is 4.42. The number of ether oxygens (including phenoxy) is 1. The molecule has 1 fully saturated rings. The van der Waals surface area contributed by atoms with Crippen LogP contribution in [0.2, 0.25) is 5.02 Å². The molecule has 1 saturated heterocycles. The van der Waals surface area contributed by atoms with E-state index in [-0.39, 0.29) is 17.9 Å². The van der Waals surface area contributed by atoms with E-state index < -0.39 is 0 Å². The maximum absolute atomic E-state index is 12.6. The highest BCUT2D eigenvalue weighted by atomic mass is 35.5. The minimum absolute atomic E-state index is 0.0645. The lowest BCUT2D eigenvalue weighted by Crippen LogP contribution is -2.53. The molecule has 2 heterocycles. The Kier molecular flexibility index (Phi) is 6.36. The van der Waals surface area contributed by atoms with Crippen LogP contribution in [0.3, 0.4) is 0 Å². The van der Waals surface area contributed by atoms with Crippen LogP contribution in [0.5, 0.6) is 5.75 Å². The lowest BCUT2D eigenvalue weighted by molar-refractivity contribution is -0.121. The van der Waals surface area contributed by atoms with Crippen molar-refractivity contribution in [2.24, 2.45) is 0 Å². The fraction of sp³-hybridized carbons (Fsp3) is 0.368. The van der Waals surface area contributed by atoms with Gasteiger partial charge in [0, 0.05) is 31.9 Å². The molecule has 1 aromatic heterocycles. The van der Waals surface area contributed by atoms with Gasteiger partial charge in [0.15, 0.2) is 0 Å². The van der Waals surface area contributed by atoms with E-state index in [4.69, 9.17) is 16.3 Å². The number of benzene rings is 1. The summed E-state index contributed by atoms with van der Waals surface area (Å²) in [6.07, 6.45) is 0. The smallest absolute Gasteiger partial charge is 0.264 e. The molecule has 1 aliphatic heterocycles. The molecule has 3 rings (SSSR count). The van der Waals surface area contributed by atoms with Crippen LogP contribution in [-0.2, 0) is 4.79 Å². The average molecular weight is 408 g/mol. The van der Waals surface area contributed by atoms with Crippen LogP contribution in [-0.4, -0.2) is 60.9 Å². The number of halogens is 1. The van der Waals surface area contributed by atoms with Gasteiger partial charge in [-0.3, -0.25) is 14.5 Å². The Hall–Kier alpha value is -2.09. The van der Waals surface area contributed by atoms with E-state index in [1.807, 2.05) is 29.3 Å². The molecule has 0 bridgehead atoms. The van der Waals surface area contributed by atoms with E-state index in [1.54, 1.807) is 25.3 Å². The summed E-state index contributed by atoms with van der Waals surface area (Å²) in [5.41, 5.74) is 0.629. The van der Waals surface area contributed by atoms with E-state index in [1.165, 1.54) is 11.3 Å². The Morgan fingerprint density at radius 3 is 2.56 bits per heavy atom. The predicted octanol–water partition coefficient (Wildman–Crippen LogP) is 3.20. The monoisotopic (exact) mass is 407 g/mol. The first-order valence-electron chi connectivity index (χ1n) is 8.71. The normalized spacial score (nSPS) is 16.0. The fourth-order valence-corrected chi connectivity index (χ4v) is 3.97. The maximum atomic E-state index is 12.6. The van der Waals surface area contributed by atoms with Crippen molar-refractivity contribution < 1.29 is 14.3 Å². The molecule has 8 heteroatoms. The molecule has 0 spiro atoms. The van der Waals surface area contributed by atoms with E-state index >= 15 is 0 Å². The van der Waals surface area contributed by atoms with Gasteiger partial charge < -0.3 is 15.0 Å². The second kappa shape index (κ2) is 8.73. The highest BCUT2D eigenvalue weighted by Crippen LogP contribution is 2.27. The third-order valence-corrected chi connectivity index (χ3v) is 5.83. The number of nitrogens with zero attached hydrogens (tertiary/aromatic N) is 2. The van der Waals surface area contributed by atoms with Crippen molar-refractivity contribution in [2.75, 3.05) is 38.6 Å². The lowest BCUT2D eigenvalue weighted by atomic mass is 10.2. The molecule has 1 aliphatic rings. The highest BCUT2D eigenvalue weighted by molar-refractivity contribution is 7.12. The third kappa shape index (κ3) is 4.61. The van der Waals surface area contributed by atoms with Gasteiger partial charge in [-0.25, -0.2) is 0 Å². The molecule has 1 atom stereocenters. The number of amides is 2. The van der Waals surface area contributed by atoms with Crippen molar-refractivity contribution in [1.82, 2.24) is 9.80 Å². The molecule has 27 heavy (non-hydrogen) atoms. The summed E-state index contributed by atoms with van der Waals surface area (Å²) in [4.78, 5) is 29.7. The van der Waals surface area contributed by atoms with Gasteiger partial charge in [0.25, 0.3) is 5.91 Å². The van der Waals surface area contributed by atoms with Crippen LogP contribution >= 0.6 is 22.9 Å². The summed E-state index contributed by atoms with van der Waals surface area (Å²) in [6, 6.07) is 8.57. The quantitative estimate of drug-likeness (QED) is 0.826. The molecule has 2 aromatic rings. The number of anilines is 1. The van der Waals surface area contributed by atoms with Gasteiger partial charge in [-0.05, 0) is 36.6 Å². The van der Waals surface area contributed by atoms with Gasteiger partial charge >= 0.3 is 0 Å². The van der Waals surface area contributed by atoms with Crippen LogP contribution < -0.4 is 10.1 Å². The first-order chi connectivity index (χ1) is 13.0. The number of thiophene rings is 1. The van der Waals surface area contributed by atoms with Crippen molar-refractivity contribution in [3.63, 3.8) is 0 Å². The fourth-order valence-electron chi connectivity index (χ4n) is 3.03. The van der Waals surface area contributed by atoms with Crippen LogP contribution in [0.1, 0.15) is 16.6 Å². The van der Waals surface area contributed by atoms with Crippen LogP contribution in [0.4, 0.5) is 5.69 Å². The van der Waals surface area contributed by atoms with Gasteiger partial charge in [-0.15, -0.1) is 11.3 Å². The zero-order chi connectivity index (χ0) is 19.4. The van der Waals surface area contributed by atoms with Crippen molar-refractivity contribution >= 4 is 40.4 Å². The molecule has 6 nitrogen and oxygen atoms in total. The number of hydrogen-bond donors (Lipinski definition) is 1. The number of rotatable bonds is 5. The van der Waals surface area contributed by atoms with Crippen molar-refractivity contribution in [3.05, 3.63) is 45.6 Å². The van der Waals surface area contributed by atoms with Crippen LogP contribution in [0.25, 0.3) is 0 Å². The zero-order valence-electron chi connectivity index (χ0n) is 15.3. The Labute approximate surface area is 167 Å². The summed E-state index contributed by atoms with van der Waals surface area (Å²) in [5, 5.41) is 5.24. The third-order valence-electron chi connectivity index (χ3n) is 4.68. The minimum Gasteiger partial charge on any atom is -0.495 e. The van der Waals surface area contributed by atoms with E-state index in [0.29, 0.717) is 42.6 Å². The predicted molar refractivity (Wildman–Crippen MR) is 108 cm³/mol. The molecule has 0 saturated carbocycles. The maximum Gasteiger partial charge on any atom is 0.264 e. The molecule has 0 radical (unpaired) electrons. The van der Waals surface area contributed by atoms with E-state index in [0.717, 1.165) is 4.88 Å². The second-order valence-corrected chi connectivity index (χ2v) is 7.67. The summed E-state index contributed by atoms with van der Waals surface area (Å²) >= 11 is 7.56. The van der Waals surface area contributed by atoms with E-state index in [9.17, 15) is 9.59 Å². The topological polar surface area (TPSA) is 61.9 Å². The number of nitrogens with one attached hydrogen (secondary N) is 1. The highest BCUT2D eigenvalue weighted by Gasteiger charge is 2.28. The van der Waals surface area contributed by atoms with Gasteiger partial charge in [-0.1, -0.05) is 17.7 Å². The first-order valence-corrected chi connectivity index (χ1v) is 9.96. The number of piperazine rings is 1. The minimum atomic E-state index is -0.301. The van der Waals surface area contributed by atoms with Gasteiger partial charge in [0.1, 0.15) is 5.75 Å². The Morgan fingerprint density at radius 1 is 1.22 bits per heavy atom. The Balaban J connectivity index is 1.54. The molecule has 1 aromatic carbocycles. The molecular weight excluding hydrogens is 386 g/mol. The van der Waals surface area contributed by atoms with Crippen molar-refractivity contribution in [2.45, 2.75) is 13.0 Å². The zero-order valence-corrected chi connectivity index (χ0v) is 16.8. The summed E-state index contributed by atoms with van der Waals surface area (Å²) < 4.78 is 5.12. The molecular formula is C19H22ClN3O3S. The molecule has 144 valence electrons. The number of methoxy groups -OCH3 is 1. The summed E-state index contributed by atoms with van der Waals surface area (Å²) in [5.74, 6) is 0.526. The van der Waals surface area contributed by atoms with Gasteiger partial charge in [0.05, 0.1) is 23.1 Å². The lowest BCUT2D eigenvalue weighted by Gasteiger charge is -2.37. The standard InChI is InChI=1S/C19H22ClN3O3S/c1-13(18(24)21-14-5-6-16(26-2)15(20)12-14)22-7-9-23(10-8-22)19(25)17-4-3-11-27-17/h3-6,11-13H,7-10H2,1-2H3,(H,21,24). The summed E-state index contributed by atoms with van der Waals surface area (Å²) in [7, 11) is 1.55. The Bertz CT molecular complexity index is 805. The SMILES string of the molecule is COc1ccc(NC(=O)C(C)N2CCN(C(=O)c3cccs3)CC2)cc1Cl. The largest absolute Gasteiger partial charge is 0.495 e. The molecule has 1 unspecified atom stereocenters. The van der Waals surface area contributed by atoms with Gasteiger partial charge in [0.2, 0.25) is 5.91 Å². The molecule has 1 N–H and O–H groups in total. The van der Waals surface area contributed by atoms with Crippen molar-refractivity contribution in [1.29, 1.82) is 0 Å². The van der Waals surface area contributed by atoms with Crippen LogP contribution in [0, 0.1) is 0 Å². The second-order valence-electron chi connectivity index (χ2n) is 6.32. The Morgan fingerprint density at radius 2 is 1.96 bits per heavy atom. The average Bonchev–Trinajstić information content (AvgIpc) is 3.22. The van der Waals surface area contributed by atoms with Crippen molar-refractivity contribution in [3.8, 4) is 5.75 Å². The number of carbonyl (C=O) groups is 2. The number of carbonyl (C=O) groups excluding carboxylic acids is 2. The van der Waals surface area contributed by atoms with E-state index in [2.05, 4.69) is 10.2 Å². The first kappa shape index (κ1) is 19.7. The molecule has 0 aliphatic carbocycles. The van der Waals surface area contributed by atoms with Crippen LogP contribution in [0.15, 0.2) is 35.7 Å². The molecule has 2 amide bonds.